The average Bonchev–Trinajstić information content (AvgIpc) is 2.65. The predicted molar refractivity (Wildman–Crippen MR) is 104 cm³/mol. The van der Waals surface area contributed by atoms with Crippen molar-refractivity contribution in [1.29, 1.82) is 0 Å². The summed E-state index contributed by atoms with van der Waals surface area (Å²) in [7, 11) is 1.61. The van der Waals surface area contributed by atoms with Crippen LogP contribution in [-0.4, -0.2) is 24.6 Å². The largest absolute Gasteiger partial charge is 0.497 e. The summed E-state index contributed by atoms with van der Waals surface area (Å²) in [5, 5.41) is 6.78. The van der Waals surface area contributed by atoms with E-state index < -0.39 is 0 Å². The minimum Gasteiger partial charge on any atom is -0.497 e. The highest BCUT2D eigenvalue weighted by molar-refractivity contribution is 9.10. The van der Waals surface area contributed by atoms with Gasteiger partial charge in [0.2, 0.25) is 5.91 Å². The van der Waals surface area contributed by atoms with Crippen molar-refractivity contribution in [3.05, 3.63) is 64.1 Å². The quantitative estimate of drug-likeness (QED) is 0.535. The maximum absolute atomic E-state index is 12.0. The van der Waals surface area contributed by atoms with Crippen molar-refractivity contribution in [3.8, 4) is 5.75 Å². The number of benzene rings is 2. The summed E-state index contributed by atoms with van der Waals surface area (Å²) < 4.78 is 5.98. The summed E-state index contributed by atoms with van der Waals surface area (Å²) in [5.74, 6) is 0.278. The molecule has 2 aromatic carbocycles. The van der Waals surface area contributed by atoms with Gasteiger partial charge in [0.05, 0.1) is 13.5 Å². The number of carbonyl (C=O) groups excluding carboxylic acids is 2. The third kappa shape index (κ3) is 6.33. The topological polar surface area (TPSA) is 79.8 Å². The molecule has 0 aromatic heterocycles. The van der Waals surface area contributed by atoms with Crippen LogP contribution in [0.3, 0.4) is 0 Å². The molecule has 0 radical (unpaired) electrons. The Balaban J connectivity index is 1.78. The monoisotopic (exact) mass is 417 g/mol. The first-order valence-electron chi connectivity index (χ1n) is 7.96. The van der Waals surface area contributed by atoms with Crippen LogP contribution < -0.4 is 15.5 Å². The molecule has 0 aliphatic heterocycles. The van der Waals surface area contributed by atoms with E-state index in [-0.39, 0.29) is 18.2 Å². The van der Waals surface area contributed by atoms with Crippen LogP contribution in [0.25, 0.3) is 0 Å². The Morgan fingerprint density at radius 3 is 2.35 bits per heavy atom. The zero-order chi connectivity index (χ0) is 18.9. The van der Waals surface area contributed by atoms with Crippen molar-refractivity contribution in [3.63, 3.8) is 0 Å². The van der Waals surface area contributed by atoms with E-state index in [1.807, 2.05) is 24.3 Å². The van der Waals surface area contributed by atoms with Crippen LogP contribution in [0.15, 0.2) is 58.1 Å². The van der Waals surface area contributed by atoms with Crippen molar-refractivity contribution < 1.29 is 14.3 Å². The first kappa shape index (κ1) is 19.7. The molecule has 0 bridgehead atoms. The van der Waals surface area contributed by atoms with E-state index >= 15 is 0 Å². The molecule has 0 unspecified atom stereocenters. The van der Waals surface area contributed by atoms with Crippen LogP contribution in [0, 0.1) is 0 Å². The van der Waals surface area contributed by atoms with Crippen molar-refractivity contribution >= 4 is 33.5 Å². The molecule has 2 N–H and O–H groups in total. The Kier molecular flexibility index (Phi) is 7.35. The van der Waals surface area contributed by atoms with E-state index in [2.05, 4.69) is 31.8 Å². The summed E-state index contributed by atoms with van der Waals surface area (Å²) in [4.78, 5) is 23.9. The molecule has 2 aromatic rings. The van der Waals surface area contributed by atoms with Gasteiger partial charge in [-0.05, 0) is 48.9 Å². The first-order chi connectivity index (χ1) is 12.5. The normalized spacial score (nSPS) is 11.0. The number of carbonyl (C=O) groups is 2. The van der Waals surface area contributed by atoms with Gasteiger partial charge in [-0.2, -0.15) is 5.10 Å². The number of halogens is 1. The van der Waals surface area contributed by atoms with Gasteiger partial charge < -0.3 is 10.1 Å². The first-order valence-corrected chi connectivity index (χ1v) is 8.76. The highest BCUT2D eigenvalue weighted by Crippen LogP contribution is 2.11. The van der Waals surface area contributed by atoms with Crippen molar-refractivity contribution in [2.24, 2.45) is 5.10 Å². The van der Waals surface area contributed by atoms with Gasteiger partial charge in [-0.1, -0.05) is 28.1 Å². The fourth-order valence-electron chi connectivity index (χ4n) is 2.09. The van der Waals surface area contributed by atoms with Gasteiger partial charge in [-0.15, -0.1) is 0 Å². The lowest BCUT2D eigenvalue weighted by Gasteiger charge is -2.07. The molecule has 0 spiro atoms. The van der Waals surface area contributed by atoms with Crippen molar-refractivity contribution in [2.45, 2.75) is 19.9 Å². The van der Waals surface area contributed by atoms with Gasteiger partial charge in [-0.25, -0.2) is 5.43 Å². The minimum absolute atomic E-state index is 0.108. The molecular weight excluding hydrogens is 398 g/mol. The summed E-state index contributed by atoms with van der Waals surface area (Å²) in [6, 6.07) is 14.4. The van der Waals surface area contributed by atoms with Crippen LogP contribution >= 0.6 is 15.9 Å². The second-order valence-corrected chi connectivity index (χ2v) is 6.51. The Bertz CT molecular complexity index is 787. The molecule has 2 rings (SSSR count). The maximum atomic E-state index is 12.0. The lowest BCUT2D eigenvalue weighted by molar-refractivity contribution is -0.120. The molecule has 7 heteroatoms. The van der Waals surface area contributed by atoms with Crippen LogP contribution in [0.5, 0.6) is 5.75 Å². The lowest BCUT2D eigenvalue weighted by atomic mass is 10.2. The third-order valence-electron chi connectivity index (χ3n) is 3.52. The number of hydrogen-bond donors (Lipinski definition) is 2. The number of nitrogens with one attached hydrogen (secondary N) is 2. The molecule has 0 aliphatic rings. The van der Waals surface area contributed by atoms with E-state index in [4.69, 9.17) is 4.74 Å². The highest BCUT2D eigenvalue weighted by atomic mass is 79.9. The van der Waals surface area contributed by atoms with Crippen LogP contribution in [0.4, 0.5) is 0 Å². The number of hydrogen-bond acceptors (Lipinski definition) is 4. The molecule has 0 fully saturated rings. The number of methoxy groups -OCH3 is 1. The van der Waals surface area contributed by atoms with Gasteiger partial charge >= 0.3 is 0 Å². The molecule has 0 aliphatic carbocycles. The fraction of sp³-hybridized carbons (Fsp3) is 0.211. The van der Waals surface area contributed by atoms with Crippen molar-refractivity contribution in [2.75, 3.05) is 7.11 Å². The molecule has 2 amide bonds. The summed E-state index contributed by atoms with van der Waals surface area (Å²) in [6.07, 6.45) is 0.108. The SMILES string of the molecule is COc1ccc(CNC(=O)CC(C)=NNC(=O)c2ccc(Br)cc2)cc1. The summed E-state index contributed by atoms with van der Waals surface area (Å²) in [5.41, 5.74) is 4.43. The van der Waals surface area contributed by atoms with E-state index in [9.17, 15) is 9.59 Å². The smallest absolute Gasteiger partial charge is 0.271 e. The Labute approximate surface area is 160 Å². The standard InChI is InChI=1S/C19H20BrN3O3/c1-13(22-23-19(25)15-5-7-16(20)8-6-15)11-18(24)21-12-14-3-9-17(26-2)10-4-14/h3-10H,11-12H2,1-2H3,(H,21,24)(H,23,25). The molecule has 0 saturated heterocycles. The number of hydrazone groups is 1. The van der Waals surface area contributed by atoms with Gasteiger partial charge in [0.1, 0.15) is 5.75 Å². The number of ether oxygens (including phenoxy) is 1. The van der Waals surface area contributed by atoms with E-state index in [1.54, 1.807) is 38.3 Å². The molecule has 6 nitrogen and oxygen atoms in total. The van der Waals surface area contributed by atoms with Gasteiger partial charge in [0, 0.05) is 22.3 Å². The number of nitrogens with zero attached hydrogens (tertiary/aromatic N) is 1. The zero-order valence-corrected chi connectivity index (χ0v) is 16.2. The van der Waals surface area contributed by atoms with Crippen LogP contribution in [0.2, 0.25) is 0 Å². The Hall–Kier alpha value is -2.67. The molecule has 26 heavy (non-hydrogen) atoms. The zero-order valence-electron chi connectivity index (χ0n) is 14.6. The lowest BCUT2D eigenvalue weighted by Crippen LogP contribution is -2.26. The number of amides is 2. The molecule has 136 valence electrons. The minimum atomic E-state index is -0.324. The van der Waals surface area contributed by atoms with E-state index in [1.165, 1.54) is 0 Å². The Morgan fingerprint density at radius 1 is 1.08 bits per heavy atom. The van der Waals surface area contributed by atoms with Crippen molar-refractivity contribution in [1.82, 2.24) is 10.7 Å². The third-order valence-corrected chi connectivity index (χ3v) is 4.05. The maximum Gasteiger partial charge on any atom is 0.271 e. The second kappa shape index (κ2) is 9.72. The molecular formula is C19H20BrN3O3. The van der Waals surface area contributed by atoms with E-state index in [0.29, 0.717) is 17.8 Å². The Morgan fingerprint density at radius 2 is 1.73 bits per heavy atom. The fourth-order valence-corrected chi connectivity index (χ4v) is 2.35. The summed E-state index contributed by atoms with van der Waals surface area (Å²) >= 11 is 3.31. The predicted octanol–water partition coefficient (Wildman–Crippen LogP) is 3.27. The van der Waals surface area contributed by atoms with Gasteiger partial charge in [0.25, 0.3) is 5.91 Å². The van der Waals surface area contributed by atoms with E-state index in [0.717, 1.165) is 15.8 Å². The van der Waals surface area contributed by atoms with Crippen LogP contribution in [-0.2, 0) is 11.3 Å². The van der Waals surface area contributed by atoms with Crippen LogP contribution in [0.1, 0.15) is 29.3 Å². The molecule has 0 atom stereocenters. The highest BCUT2D eigenvalue weighted by Gasteiger charge is 2.07. The molecule has 0 saturated carbocycles. The number of rotatable bonds is 7. The average molecular weight is 418 g/mol. The summed E-state index contributed by atoms with van der Waals surface area (Å²) in [6.45, 7) is 2.11. The second-order valence-electron chi connectivity index (χ2n) is 5.60. The molecule has 0 heterocycles. The van der Waals surface area contributed by atoms with Gasteiger partial charge in [0.15, 0.2) is 0 Å². The van der Waals surface area contributed by atoms with Gasteiger partial charge in [-0.3, -0.25) is 9.59 Å².